The average molecular weight is 276 g/mol. The Morgan fingerprint density at radius 3 is 2.70 bits per heavy atom. The van der Waals surface area contributed by atoms with Gasteiger partial charge in [0.05, 0.1) is 12.0 Å². The predicted octanol–water partition coefficient (Wildman–Crippen LogP) is 2.08. The van der Waals surface area contributed by atoms with Gasteiger partial charge in [-0.2, -0.15) is 4.98 Å². The van der Waals surface area contributed by atoms with E-state index in [0.717, 1.165) is 0 Å². The van der Waals surface area contributed by atoms with Crippen molar-refractivity contribution in [1.82, 2.24) is 9.97 Å². The Balaban J connectivity index is 2.34. The molecule has 0 aliphatic carbocycles. The van der Waals surface area contributed by atoms with E-state index in [-0.39, 0.29) is 23.1 Å². The number of aryl methyl sites for hydroxylation is 1. The minimum Gasteiger partial charge on any atom is -0.489 e. The van der Waals surface area contributed by atoms with E-state index < -0.39 is 4.92 Å². The molecule has 0 amide bonds. The summed E-state index contributed by atoms with van der Waals surface area (Å²) in [7, 11) is 1.42. The van der Waals surface area contributed by atoms with E-state index in [2.05, 4.69) is 9.97 Å². The standard InChI is InChI=1S/C12H12N4O4/c1-7-5-8(3-4-9(7)16(17)18)20-12-10(19-2)11(13)14-6-15-12/h3-6H,1-2H3,(H2,13,14,15). The third kappa shape index (κ3) is 2.58. The van der Waals surface area contributed by atoms with Gasteiger partial charge >= 0.3 is 0 Å². The Bertz CT molecular complexity index is 660. The number of nitrogens with zero attached hydrogens (tertiary/aromatic N) is 3. The van der Waals surface area contributed by atoms with Crippen molar-refractivity contribution in [2.75, 3.05) is 12.8 Å². The number of nitrogens with two attached hydrogens (primary N) is 1. The Morgan fingerprint density at radius 2 is 2.10 bits per heavy atom. The van der Waals surface area contributed by atoms with Crippen molar-refractivity contribution in [2.24, 2.45) is 0 Å². The van der Waals surface area contributed by atoms with Crippen molar-refractivity contribution < 1.29 is 14.4 Å². The summed E-state index contributed by atoms with van der Waals surface area (Å²) in [4.78, 5) is 18.0. The van der Waals surface area contributed by atoms with Gasteiger partial charge in [0, 0.05) is 11.6 Å². The van der Waals surface area contributed by atoms with E-state index in [4.69, 9.17) is 15.2 Å². The van der Waals surface area contributed by atoms with Crippen LogP contribution in [0.5, 0.6) is 17.4 Å². The second-order valence-electron chi connectivity index (χ2n) is 3.90. The van der Waals surface area contributed by atoms with Gasteiger partial charge in [-0.1, -0.05) is 0 Å². The van der Waals surface area contributed by atoms with E-state index in [1.54, 1.807) is 6.92 Å². The third-order valence-corrected chi connectivity index (χ3v) is 2.58. The van der Waals surface area contributed by atoms with Gasteiger partial charge in [0.2, 0.25) is 5.75 Å². The molecule has 0 aliphatic heterocycles. The van der Waals surface area contributed by atoms with Crippen molar-refractivity contribution in [3.8, 4) is 17.4 Å². The van der Waals surface area contributed by atoms with Gasteiger partial charge in [-0.3, -0.25) is 10.1 Å². The smallest absolute Gasteiger partial charge is 0.272 e. The lowest BCUT2D eigenvalue weighted by atomic mass is 10.2. The lowest BCUT2D eigenvalue weighted by Gasteiger charge is -2.10. The molecule has 104 valence electrons. The molecule has 2 rings (SSSR count). The quantitative estimate of drug-likeness (QED) is 0.671. The summed E-state index contributed by atoms with van der Waals surface area (Å²) in [6, 6.07) is 4.38. The number of rotatable bonds is 4. The summed E-state index contributed by atoms with van der Waals surface area (Å²) in [5.41, 5.74) is 6.13. The molecule has 0 aliphatic rings. The molecule has 0 unspecified atom stereocenters. The number of nitro groups is 1. The zero-order chi connectivity index (χ0) is 14.7. The van der Waals surface area contributed by atoms with Crippen LogP contribution in [-0.2, 0) is 0 Å². The molecule has 8 nitrogen and oxygen atoms in total. The maximum atomic E-state index is 10.7. The number of methoxy groups -OCH3 is 1. The summed E-state index contributed by atoms with van der Waals surface area (Å²) in [6.07, 6.45) is 1.24. The second kappa shape index (κ2) is 5.39. The molecule has 1 heterocycles. The monoisotopic (exact) mass is 276 g/mol. The molecule has 0 radical (unpaired) electrons. The van der Waals surface area contributed by atoms with Gasteiger partial charge in [0.1, 0.15) is 12.1 Å². The Hall–Kier alpha value is -2.90. The van der Waals surface area contributed by atoms with Crippen LogP contribution >= 0.6 is 0 Å². The van der Waals surface area contributed by atoms with Crippen molar-refractivity contribution in [3.63, 3.8) is 0 Å². The largest absolute Gasteiger partial charge is 0.489 e. The maximum absolute atomic E-state index is 10.7. The number of hydrogen-bond donors (Lipinski definition) is 1. The first-order chi connectivity index (χ1) is 9.52. The Morgan fingerprint density at radius 1 is 1.35 bits per heavy atom. The summed E-state index contributed by atoms with van der Waals surface area (Å²) in [5, 5.41) is 10.7. The van der Waals surface area contributed by atoms with Crippen LogP contribution in [0.15, 0.2) is 24.5 Å². The molecule has 0 atom stereocenters. The van der Waals surface area contributed by atoms with Gasteiger partial charge < -0.3 is 15.2 Å². The molecule has 0 fully saturated rings. The van der Waals surface area contributed by atoms with E-state index in [0.29, 0.717) is 11.3 Å². The summed E-state index contributed by atoms with van der Waals surface area (Å²) in [6.45, 7) is 1.62. The summed E-state index contributed by atoms with van der Waals surface area (Å²) < 4.78 is 10.6. The van der Waals surface area contributed by atoms with Crippen LogP contribution in [0.4, 0.5) is 11.5 Å². The molecule has 0 spiro atoms. The highest BCUT2D eigenvalue weighted by atomic mass is 16.6. The van der Waals surface area contributed by atoms with Crippen LogP contribution in [-0.4, -0.2) is 22.0 Å². The van der Waals surface area contributed by atoms with Gasteiger partial charge in [-0.15, -0.1) is 0 Å². The van der Waals surface area contributed by atoms with E-state index in [9.17, 15) is 10.1 Å². The molecular formula is C12H12N4O4. The molecule has 8 heteroatoms. The number of anilines is 1. The van der Waals surface area contributed by atoms with Crippen LogP contribution in [0, 0.1) is 17.0 Å². The SMILES string of the molecule is COc1c(N)ncnc1Oc1ccc([N+](=O)[O-])c(C)c1. The van der Waals surface area contributed by atoms with Crippen LogP contribution in [0.3, 0.4) is 0 Å². The molecule has 2 N–H and O–H groups in total. The summed E-state index contributed by atoms with van der Waals surface area (Å²) in [5.74, 6) is 0.900. The molecule has 0 bridgehead atoms. The Labute approximate surface area is 114 Å². The average Bonchev–Trinajstić information content (AvgIpc) is 2.38. The lowest BCUT2D eigenvalue weighted by Crippen LogP contribution is -2.00. The zero-order valence-corrected chi connectivity index (χ0v) is 10.9. The molecule has 1 aromatic carbocycles. The first-order valence-electron chi connectivity index (χ1n) is 5.60. The van der Waals surface area contributed by atoms with Crippen molar-refractivity contribution in [1.29, 1.82) is 0 Å². The molecular weight excluding hydrogens is 264 g/mol. The fraction of sp³-hybridized carbons (Fsp3) is 0.167. The number of benzene rings is 1. The fourth-order valence-corrected chi connectivity index (χ4v) is 1.64. The zero-order valence-electron chi connectivity index (χ0n) is 10.9. The molecule has 20 heavy (non-hydrogen) atoms. The van der Waals surface area contributed by atoms with Crippen molar-refractivity contribution in [3.05, 3.63) is 40.2 Å². The maximum Gasteiger partial charge on any atom is 0.272 e. The van der Waals surface area contributed by atoms with Crippen LogP contribution in [0.1, 0.15) is 5.56 Å². The molecule has 0 saturated heterocycles. The van der Waals surface area contributed by atoms with Crippen LogP contribution in [0.25, 0.3) is 0 Å². The number of nitrogen functional groups attached to an aromatic ring is 1. The Kier molecular flexibility index (Phi) is 3.65. The highest BCUT2D eigenvalue weighted by molar-refractivity contribution is 5.53. The van der Waals surface area contributed by atoms with Gasteiger partial charge in [-0.25, -0.2) is 4.98 Å². The van der Waals surface area contributed by atoms with Gasteiger partial charge in [-0.05, 0) is 19.1 Å². The van der Waals surface area contributed by atoms with Crippen LogP contribution in [0.2, 0.25) is 0 Å². The van der Waals surface area contributed by atoms with Crippen molar-refractivity contribution >= 4 is 11.5 Å². The highest BCUT2D eigenvalue weighted by Gasteiger charge is 2.15. The molecule has 0 saturated carbocycles. The third-order valence-electron chi connectivity index (χ3n) is 2.58. The number of nitro benzene ring substituents is 1. The second-order valence-corrected chi connectivity index (χ2v) is 3.90. The van der Waals surface area contributed by atoms with Crippen LogP contribution < -0.4 is 15.2 Å². The predicted molar refractivity (Wildman–Crippen MR) is 70.9 cm³/mol. The molecule has 1 aromatic heterocycles. The molecule has 2 aromatic rings. The highest BCUT2D eigenvalue weighted by Crippen LogP contribution is 2.33. The number of ether oxygens (including phenoxy) is 2. The first kappa shape index (κ1) is 13.5. The summed E-state index contributed by atoms with van der Waals surface area (Å²) >= 11 is 0. The van der Waals surface area contributed by atoms with E-state index in [1.807, 2.05) is 0 Å². The number of hydrogen-bond acceptors (Lipinski definition) is 7. The fourth-order valence-electron chi connectivity index (χ4n) is 1.64. The van der Waals surface area contributed by atoms with E-state index >= 15 is 0 Å². The van der Waals surface area contributed by atoms with Gasteiger partial charge in [0.15, 0.2) is 5.82 Å². The topological polar surface area (TPSA) is 113 Å². The van der Waals surface area contributed by atoms with Crippen molar-refractivity contribution in [2.45, 2.75) is 6.92 Å². The minimum atomic E-state index is -0.456. The number of aromatic nitrogens is 2. The van der Waals surface area contributed by atoms with Gasteiger partial charge in [0.25, 0.3) is 11.6 Å². The van der Waals surface area contributed by atoms with E-state index in [1.165, 1.54) is 31.6 Å². The lowest BCUT2D eigenvalue weighted by molar-refractivity contribution is -0.385. The first-order valence-corrected chi connectivity index (χ1v) is 5.60. The minimum absolute atomic E-state index is 0.0199. The normalized spacial score (nSPS) is 10.1.